The van der Waals surface area contributed by atoms with Crippen LogP contribution in [0.2, 0.25) is 0 Å². The van der Waals surface area contributed by atoms with Crippen molar-refractivity contribution in [2.45, 2.75) is 13.3 Å². The van der Waals surface area contributed by atoms with Gasteiger partial charge in [-0.1, -0.05) is 6.07 Å². The molecule has 2 rings (SSSR count). The lowest BCUT2D eigenvalue weighted by atomic mass is 10.2. The predicted octanol–water partition coefficient (Wildman–Crippen LogP) is 1.88. The molecule has 2 N–H and O–H groups in total. The van der Waals surface area contributed by atoms with Crippen molar-refractivity contribution in [1.29, 1.82) is 0 Å². The minimum atomic E-state index is -0.154. The number of nitrogens with one attached hydrogen (secondary N) is 2. The highest BCUT2D eigenvalue weighted by atomic mass is 16.1. The first-order valence-corrected chi connectivity index (χ1v) is 6.67. The van der Waals surface area contributed by atoms with Crippen molar-refractivity contribution >= 4 is 11.7 Å². The van der Waals surface area contributed by atoms with E-state index in [4.69, 9.17) is 0 Å². The van der Waals surface area contributed by atoms with Crippen LogP contribution in [0.15, 0.2) is 42.7 Å². The van der Waals surface area contributed by atoms with Gasteiger partial charge in [0.15, 0.2) is 0 Å². The molecule has 0 unspecified atom stereocenters. The van der Waals surface area contributed by atoms with Crippen molar-refractivity contribution in [2.24, 2.45) is 0 Å². The fraction of sp³-hybridized carbons (Fsp3) is 0.267. The molecule has 0 atom stereocenters. The van der Waals surface area contributed by atoms with Gasteiger partial charge in [-0.3, -0.25) is 9.78 Å². The fourth-order valence-electron chi connectivity index (χ4n) is 1.80. The largest absolute Gasteiger partial charge is 0.370 e. The Morgan fingerprint density at radius 3 is 2.75 bits per heavy atom. The molecule has 20 heavy (non-hydrogen) atoms. The van der Waals surface area contributed by atoms with Crippen LogP contribution in [0, 0.1) is 0 Å². The average molecular weight is 270 g/mol. The zero-order valence-electron chi connectivity index (χ0n) is 11.5. The van der Waals surface area contributed by atoms with Gasteiger partial charge in [-0.05, 0) is 43.2 Å². The van der Waals surface area contributed by atoms with E-state index >= 15 is 0 Å². The van der Waals surface area contributed by atoms with Crippen molar-refractivity contribution in [3.8, 4) is 0 Å². The minimum Gasteiger partial charge on any atom is -0.370 e. The third-order valence-electron chi connectivity index (χ3n) is 2.79. The summed E-state index contributed by atoms with van der Waals surface area (Å²) >= 11 is 0. The second-order valence-corrected chi connectivity index (χ2v) is 4.30. The van der Waals surface area contributed by atoms with Gasteiger partial charge >= 0.3 is 0 Å². The molecule has 0 saturated heterocycles. The summed E-state index contributed by atoms with van der Waals surface area (Å²) in [6, 6.07) is 9.26. The molecule has 0 radical (unpaired) electrons. The SMILES string of the molecule is CCNc1cccc(C(=O)NCCc2ccncc2)n1. The molecule has 2 heterocycles. The monoisotopic (exact) mass is 270 g/mol. The summed E-state index contributed by atoms with van der Waals surface area (Å²) in [6.45, 7) is 3.35. The topological polar surface area (TPSA) is 66.9 Å². The quantitative estimate of drug-likeness (QED) is 0.841. The molecule has 1 amide bonds. The summed E-state index contributed by atoms with van der Waals surface area (Å²) in [5, 5.41) is 5.95. The van der Waals surface area contributed by atoms with Gasteiger partial charge < -0.3 is 10.6 Å². The van der Waals surface area contributed by atoms with Crippen LogP contribution in [0.1, 0.15) is 23.0 Å². The molecule has 0 saturated carbocycles. The molecule has 5 heteroatoms. The van der Waals surface area contributed by atoms with Crippen LogP contribution in [0.4, 0.5) is 5.82 Å². The number of anilines is 1. The molecule has 104 valence electrons. The Labute approximate surface area is 118 Å². The molecule has 0 fully saturated rings. The van der Waals surface area contributed by atoms with Crippen LogP contribution in [-0.4, -0.2) is 29.0 Å². The fourth-order valence-corrected chi connectivity index (χ4v) is 1.80. The second-order valence-electron chi connectivity index (χ2n) is 4.30. The molecular formula is C15H18N4O. The van der Waals surface area contributed by atoms with E-state index in [-0.39, 0.29) is 5.91 Å². The van der Waals surface area contributed by atoms with Gasteiger partial charge in [0.05, 0.1) is 0 Å². The average Bonchev–Trinajstić information content (AvgIpc) is 2.49. The van der Waals surface area contributed by atoms with Gasteiger partial charge in [0.2, 0.25) is 0 Å². The second kappa shape index (κ2) is 7.23. The third-order valence-corrected chi connectivity index (χ3v) is 2.79. The van der Waals surface area contributed by atoms with E-state index in [9.17, 15) is 4.79 Å². The Kier molecular flexibility index (Phi) is 5.06. The highest BCUT2D eigenvalue weighted by molar-refractivity contribution is 5.92. The smallest absolute Gasteiger partial charge is 0.269 e. The number of pyridine rings is 2. The summed E-state index contributed by atoms with van der Waals surface area (Å²) in [5.74, 6) is 0.563. The van der Waals surface area contributed by atoms with E-state index in [2.05, 4.69) is 20.6 Å². The van der Waals surface area contributed by atoms with Crippen LogP contribution in [0.3, 0.4) is 0 Å². The lowest BCUT2D eigenvalue weighted by Gasteiger charge is -2.07. The lowest BCUT2D eigenvalue weighted by Crippen LogP contribution is -2.26. The Balaban J connectivity index is 1.87. The van der Waals surface area contributed by atoms with E-state index in [0.717, 1.165) is 18.5 Å². The highest BCUT2D eigenvalue weighted by Gasteiger charge is 2.07. The van der Waals surface area contributed by atoms with Crippen molar-refractivity contribution in [3.63, 3.8) is 0 Å². The molecule has 2 aromatic rings. The summed E-state index contributed by atoms with van der Waals surface area (Å²) in [4.78, 5) is 20.2. The molecule has 5 nitrogen and oxygen atoms in total. The molecule has 0 aliphatic heterocycles. The number of hydrogen-bond acceptors (Lipinski definition) is 4. The van der Waals surface area contributed by atoms with Gasteiger partial charge in [0, 0.05) is 25.5 Å². The first-order valence-electron chi connectivity index (χ1n) is 6.67. The van der Waals surface area contributed by atoms with Gasteiger partial charge in [-0.2, -0.15) is 0 Å². The normalized spacial score (nSPS) is 10.1. The zero-order chi connectivity index (χ0) is 14.2. The number of carbonyl (C=O) groups is 1. The first-order chi connectivity index (χ1) is 9.79. The van der Waals surface area contributed by atoms with Crippen LogP contribution >= 0.6 is 0 Å². The standard InChI is InChI=1S/C15H18N4O/c1-2-17-14-5-3-4-13(19-14)15(20)18-11-8-12-6-9-16-10-7-12/h3-7,9-10H,2,8,11H2,1H3,(H,17,19)(H,18,20). The van der Waals surface area contributed by atoms with Gasteiger partial charge in [-0.15, -0.1) is 0 Å². The van der Waals surface area contributed by atoms with E-state index in [0.29, 0.717) is 18.1 Å². The van der Waals surface area contributed by atoms with E-state index in [1.807, 2.05) is 31.2 Å². The Bertz CT molecular complexity index is 557. The van der Waals surface area contributed by atoms with E-state index in [1.165, 1.54) is 0 Å². The molecule has 0 aliphatic carbocycles. The maximum atomic E-state index is 12.0. The Morgan fingerprint density at radius 2 is 2.00 bits per heavy atom. The number of hydrogen-bond donors (Lipinski definition) is 2. The molecule has 0 aromatic carbocycles. The van der Waals surface area contributed by atoms with Crippen LogP contribution in [-0.2, 0) is 6.42 Å². The van der Waals surface area contributed by atoms with Gasteiger partial charge in [0.1, 0.15) is 11.5 Å². The van der Waals surface area contributed by atoms with Crippen LogP contribution < -0.4 is 10.6 Å². The first kappa shape index (κ1) is 14.0. The van der Waals surface area contributed by atoms with Crippen molar-refractivity contribution in [1.82, 2.24) is 15.3 Å². The molecule has 0 aliphatic rings. The van der Waals surface area contributed by atoms with Crippen molar-refractivity contribution in [2.75, 3.05) is 18.4 Å². The Hall–Kier alpha value is -2.43. The number of rotatable bonds is 6. The maximum absolute atomic E-state index is 12.0. The minimum absolute atomic E-state index is 0.154. The number of carbonyl (C=O) groups excluding carboxylic acids is 1. The van der Waals surface area contributed by atoms with Gasteiger partial charge in [-0.25, -0.2) is 4.98 Å². The molecule has 0 spiro atoms. The molecular weight excluding hydrogens is 252 g/mol. The number of amides is 1. The maximum Gasteiger partial charge on any atom is 0.269 e. The van der Waals surface area contributed by atoms with Crippen molar-refractivity contribution in [3.05, 3.63) is 54.0 Å². The molecule has 2 aromatic heterocycles. The summed E-state index contributed by atoms with van der Waals surface area (Å²) in [6.07, 6.45) is 4.28. The number of aromatic nitrogens is 2. The lowest BCUT2D eigenvalue weighted by molar-refractivity contribution is 0.0949. The summed E-state index contributed by atoms with van der Waals surface area (Å²) in [5.41, 5.74) is 1.58. The zero-order valence-corrected chi connectivity index (χ0v) is 11.5. The van der Waals surface area contributed by atoms with Crippen LogP contribution in [0.5, 0.6) is 0 Å². The summed E-state index contributed by atoms with van der Waals surface area (Å²) in [7, 11) is 0. The summed E-state index contributed by atoms with van der Waals surface area (Å²) < 4.78 is 0. The predicted molar refractivity (Wildman–Crippen MR) is 78.7 cm³/mol. The van der Waals surface area contributed by atoms with E-state index < -0.39 is 0 Å². The van der Waals surface area contributed by atoms with E-state index in [1.54, 1.807) is 18.5 Å². The molecule has 0 bridgehead atoms. The van der Waals surface area contributed by atoms with Crippen LogP contribution in [0.25, 0.3) is 0 Å². The Morgan fingerprint density at radius 1 is 1.20 bits per heavy atom. The third kappa shape index (κ3) is 4.05. The van der Waals surface area contributed by atoms with Gasteiger partial charge in [0.25, 0.3) is 5.91 Å². The number of nitrogens with zero attached hydrogens (tertiary/aromatic N) is 2. The highest BCUT2D eigenvalue weighted by Crippen LogP contribution is 2.04. The van der Waals surface area contributed by atoms with Crippen molar-refractivity contribution < 1.29 is 4.79 Å².